The van der Waals surface area contributed by atoms with Gasteiger partial charge in [0.2, 0.25) is 5.88 Å². The smallest absolute Gasteiger partial charge is 0.205 e. The Morgan fingerprint density at radius 1 is 1.58 bits per heavy atom. The molecular formula is C10H15NO. The SMILES string of the molecule is C=C(/N=C\C=C/C)OC1CCC1. The van der Waals surface area contributed by atoms with E-state index in [1.807, 2.05) is 19.1 Å². The molecular weight excluding hydrogens is 150 g/mol. The van der Waals surface area contributed by atoms with Crippen LogP contribution in [0.5, 0.6) is 0 Å². The summed E-state index contributed by atoms with van der Waals surface area (Å²) in [6.07, 6.45) is 9.42. The second-order valence-corrected chi connectivity index (χ2v) is 2.87. The molecule has 0 aliphatic heterocycles. The van der Waals surface area contributed by atoms with Crippen molar-refractivity contribution < 1.29 is 4.74 Å². The summed E-state index contributed by atoms with van der Waals surface area (Å²) in [4.78, 5) is 4.01. The van der Waals surface area contributed by atoms with Gasteiger partial charge in [-0.3, -0.25) is 0 Å². The van der Waals surface area contributed by atoms with Crippen LogP contribution in [0.2, 0.25) is 0 Å². The standard InChI is InChI=1S/C10H15NO/c1-3-4-8-11-9(2)12-10-6-5-7-10/h3-4,8,10H,2,5-7H2,1H3/b4-3-,11-8-. The van der Waals surface area contributed by atoms with Crippen LogP contribution in [0.25, 0.3) is 0 Å². The molecule has 0 heterocycles. The molecule has 0 amide bonds. The maximum absolute atomic E-state index is 5.41. The minimum Gasteiger partial charge on any atom is -0.475 e. The van der Waals surface area contributed by atoms with Crippen molar-refractivity contribution in [3.05, 3.63) is 24.6 Å². The van der Waals surface area contributed by atoms with Crippen molar-refractivity contribution in [2.75, 3.05) is 0 Å². The van der Waals surface area contributed by atoms with Crippen molar-refractivity contribution >= 4 is 6.21 Å². The van der Waals surface area contributed by atoms with Gasteiger partial charge in [0.15, 0.2) is 0 Å². The zero-order valence-electron chi connectivity index (χ0n) is 7.49. The first-order chi connectivity index (χ1) is 5.83. The van der Waals surface area contributed by atoms with E-state index in [1.165, 1.54) is 6.42 Å². The van der Waals surface area contributed by atoms with Crippen LogP contribution < -0.4 is 0 Å². The lowest BCUT2D eigenvalue weighted by Gasteiger charge is -2.25. The molecule has 0 atom stereocenters. The molecule has 0 N–H and O–H groups in total. The minimum absolute atomic E-state index is 0.375. The van der Waals surface area contributed by atoms with Crippen LogP contribution >= 0.6 is 0 Å². The molecule has 0 unspecified atom stereocenters. The number of aliphatic imine (C=N–C) groups is 1. The highest BCUT2D eigenvalue weighted by Gasteiger charge is 2.18. The molecule has 0 saturated heterocycles. The predicted octanol–water partition coefficient (Wildman–Crippen LogP) is 2.67. The first-order valence-corrected chi connectivity index (χ1v) is 4.34. The monoisotopic (exact) mass is 165 g/mol. The van der Waals surface area contributed by atoms with Crippen LogP contribution in [0.1, 0.15) is 26.2 Å². The van der Waals surface area contributed by atoms with E-state index >= 15 is 0 Å². The lowest BCUT2D eigenvalue weighted by Crippen LogP contribution is -2.20. The van der Waals surface area contributed by atoms with E-state index in [0.29, 0.717) is 12.0 Å². The third kappa shape index (κ3) is 2.91. The normalized spacial score (nSPS) is 18.4. The van der Waals surface area contributed by atoms with E-state index in [0.717, 1.165) is 12.8 Å². The Bertz CT molecular complexity index is 202. The van der Waals surface area contributed by atoms with E-state index in [9.17, 15) is 0 Å². The Hall–Kier alpha value is -1.05. The molecule has 0 aromatic carbocycles. The van der Waals surface area contributed by atoms with Crippen LogP contribution in [0, 0.1) is 0 Å². The Morgan fingerprint density at radius 3 is 2.83 bits per heavy atom. The number of ether oxygens (including phenoxy) is 1. The number of hydrogen-bond donors (Lipinski definition) is 0. The van der Waals surface area contributed by atoms with Crippen molar-refractivity contribution in [2.45, 2.75) is 32.3 Å². The Kier molecular flexibility index (Phi) is 3.58. The van der Waals surface area contributed by atoms with Gasteiger partial charge in [-0.15, -0.1) is 0 Å². The minimum atomic E-state index is 0.375. The largest absolute Gasteiger partial charge is 0.475 e. The van der Waals surface area contributed by atoms with Gasteiger partial charge in [-0.05, 0) is 38.8 Å². The van der Waals surface area contributed by atoms with Crippen LogP contribution in [-0.2, 0) is 4.74 Å². The van der Waals surface area contributed by atoms with E-state index in [1.54, 1.807) is 6.21 Å². The Balaban J connectivity index is 2.18. The zero-order valence-corrected chi connectivity index (χ0v) is 7.49. The first kappa shape index (κ1) is 9.04. The molecule has 1 fully saturated rings. The molecule has 0 aromatic rings. The molecule has 0 spiro atoms. The van der Waals surface area contributed by atoms with Crippen molar-refractivity contribution in [1.82, 2.24) is 0 Å². The zero-order chi connectivity index (χ0) is 8.81. The summed E-state index contributed by atoms with van der Waals surface area (Å²) >= 11 is 0. The maximum atomic E-state index is 5.41. The van der Waals surface area contributed by atoms with Gasteiger partial charge < -0.3 is 4.74 Å². The molecule has 2 nitrogen and oxygen atoms in total. The molecule has 66 valence electrons. The first-order valence-electron chi connectivity index (χ1n) is 4.34. The van der Waals surface area contributed by atoms with Gasteiger partial charge in [0.25, 0.3) is 0 Å². The number of nitrogens with zero attached hydrogens (tertiary/aromatic N) is 1. The average molecular weight is 165 g/mol. The van der Waals surface area contributed by atoms with Gasteiger partial charge in [-0.2, -0.15) is 0 Å². The van der Waals surface area contributed by atoms with Gasteiger partial charge in [0.05, 0.1) is 0 Å². The maximum Gasteiger partial charge on any atom is 0.205 e. The second-order valence-electron chi connectivity index (χ2n) is 2.87. The summed E-state index contributed by atoms with van der Waals surface area (Å²) in [5.74, 6) is 0.526. The topological polar surface area (TPSA) is 21.6 Å². The molecule has 2 heteroatoms. The molecule has 1 aliphatic rings. The van der Waals surface area contributed by atoms with E-state index in [-0.39, 0.29) is 0 Å². The summed E-state index contributed by atoms with van der Waals surface area (Å²) in [6, 6.07) is 0. The molecule has 0 bridgehead atoms. The average Bonchev–Trinajstić information content (AvgIpc) is 1.98. The molecule has 1 saturated carbocycles. The summed E-state index contributed by atoms with van der Waals surface area (Å²) in [6.45, 7) is 5.64. The van der Waals surface area contributed by atoms with Gasteiger partial charge in [0, 0.05) is 6.21 Å². The number of rotatable bonds is 4. The molecule has 1 aliphatic carbocycles. The highest BCUT2D eigenvalue weighted by atomic mass is 16.5. The highest BCUT2D eigenvalue weighted by Crippen LogP contribution is 2.23. The second kappa shape index (κ2) is 4.75. The summed E-state index contributed by atoms with van der Waals surface area (Å²) < 4.78 is 5.41. The highest BCUT2D eigenvalue weighted by molar-refractivity contribution is 5.71. The van der Waals surface area contributed by atoms with Crippen LogP contribution in [0.15, 0.2) is 29.6 Å². The fraction of sp³-hybridized carbons (Fsp3) is 0.500. The van der Waals surface area contributed by atoms with Gasteiger partial charge in [0.1, 0.15) is 6.10 Å². The fourth-order valence-electron chi connectivity index (χ4n) is 0.924. The van der Waals surface area contributed by atoms with Gasteiger partial charge in [-0.1, -0.05) is 6.08 Å². The van der Waals surface area contributed by atoms with Gasteiger partial charge >= 0.3 is 0 Å². The van der Waals surface area contributed by atoms with Crippen LogP contribution in [0.4, 0.5) is 0 Å². The molecule has 1 rings (SSSR count). The number of allylic oxidation sites excluding steroid dienone is 2. The quantitative estimate of drug-likeness (QED) is 0.463. The Labute approximate surface area is 73.6 Å². The molecule has 12 heavy (non-hydrogen) atoms. The summed E-state index contributed by atoms with van der Waals surface area (Å²) in [5, 5.41) is 0. The van der Waals surface area contributed by atoms with Crippen LogP contribution in [-0.4, -0.2) is 12.3 Å². The van der Waals surface area contributed by atoms with Gasteiger partial charge in [-0.25, -0.2) is 4.99 Å². The van der Waals surface area contributed by atoms with Crippen molar-refractivity contribution in [3.63, 3.8) is 0 Å². The summed E-state index contributed by atoms with van der Waals surface area (Å²) in [7, 11) is 0. The summed E-state index contributed by atoms with van der Waals surface area (Å²) in [5.41, 5.74) is 0. The van der Waals surface area contributed by atoms with E-state index in [2.05, 4.69) is 11.6 Å². The van der Waals surface area contributed by atoms with E-state index in [4.69, 9.17) is 4.74 Å². The van der Waals surface area contributed by atoms with Crippen molar-refractivity contribution in [1.29, 1.82) is 0 Å². The Morgan fingerprint density at radius 2 is 2.33 bits per heavy atom. The lowest BCUT2D eigenvalue weighted by molar-refractivity contribution is 0.0523. The third-order valence-electron chi connectivity index (χ3n) is 1.85. The van der Waals surface area contributed by atoms with Crippen molar-refractivity contribution in [3.8, 4) is 0 Å². The third-order valence-corrected chi connectivity index (χ3v) is 1.85. The predicted molar refractivity (Wildman–Crippen MR) is 51.2 cm³/mol. The van der Waals surface area contributed by atoms with Crippen LogP contribution in [0.3, 0.4) is 0 Å². The fourth-order valence-corrected chi connectivity index (χ4v) is 0.924. The number of hydrogen-bond acceptors (Lipinski definition) is 2. The molecule has 0 radical (unpaired) electrons. The van der Waals surface area contributed by atoms with Crippen molar-refractivity contribution in [2.24, 2.45) is 4.99 Å². The van der Waals surface area contributed by atoms with E-state index < -0.39 is 0 Å². The lowest BCUT2D eigenvalue weighted by atomic mass is 9.96. The molecule has 0 aromatic heterocycles.